The number of nitriles is 1. The molecule has 21 heavy (non-hydrogen) atoms. The van der Waals surface area contributed by atoms with Gasteiger partial charge >= 0.3 is 0 Å². The molecule has 5 nitrogen and oxygen atoms in total. The first-order valence-electron chi connectivity index (χ1n) is 6.18. The number of carbonyl (C=O) groups is 1. The molecule has 0 unspecified atom stereocenters. The van der Waals surface area contributed by atoms with Gasteiger partial charge in [-0.15, -0.1) is 0 Å². The normalized spacial score (nSPS) is 11.3. The average molecular weight is 346 g/mol. The number of aromatic nitrogens is 1. The summed E-state index contributed by atoms with van der Waals surface area (Å²) in [6, 6.07) is 12.1. The van der Waals surface area contributed by atoms with E-state index in [2.05, 4.69) is 26.2 Å². The lowest BCUT2D eigenvalue weighted by molar-refractivity contribution is -0.122. The molecule has 1 amide bonds. The lowest BCUT2D eigenvalue weighted by Gasteiger charge is -2.14. The van der Waals surface area contributed by atoms with Gasteiger partial charge in [-0.1, -0.05) is 0 Å². The first kappa shape index (κ1) is 15.0. The number of halogens is 1. The first-order valence-corrected chi connectivity index (χ1v) is 6.97. The quantitative estimate of drug-likeness (QED) is 0.923. The molecule has 0 spiro atoms. The van der Waals surface area contributed by atoms with E-state index in [1.807, 2.05) is 6.07 Å². The van der Waals surface area contributed by atoms with Crippen LogP contribution < -0.4 is 10.1 Å². The molecular formula is C15H12BrN3O2. The second kappa shape index (κ2) is 6.86. The fourth-order valence-corrected chi connectivity index (χ4v) is 1.92. The van der Waals surface area contributed by atoms with E-state index in [1.54, 1.807) is 49.5 Å². The number of hydrogen-bond donors (Lipinski definition) is 1. The van der Waals surface area contributed by atoms with E-state index in [0.29, 0.717) is 21.6 Å². The van der Waals surface area contributed by atoms with Crippen LogP contribution in [0, 0.1) is 11.3 Å². The van der Waals surface area contributed by atoms with Crippen LogP contribution in [0.1, 0.15) is 12.5 Å². The highest BCUT2D eigenvalue weighted by Gasteiger charge is 2.16. The van der Waals surface area contributed by atoms with E-state index in [1.165, 1.54) is 0 Å². The van der Waals surface area contributed by atoms with E-state index < -0.39 is 6.10 Å². The molecule has 1 aromatic heterocycles. The SMILES string of the molecule is C[C@@H](Oc1ccc(C#N)cc1)C(=O)Nc1ncccc1Br. The fourth-order valence-electron chi connectivity index (χ4n) is 1.56. The maximum absolute atomic E-state index is 12.0. The predicted octanol–water partition coefficient (Wildman–Crippen LogP) is 3.12. The predicted molar refractivity (Wildman–Crippen MR) is 81.8 cm³/mol. The van der Waals surface area contributed by atoms with Crippen molar-refractivity contribution in [3.05, 3.63) is 52.6 Å². The third kappa shape index (κ3) is 4.04. The zero-order chi connectivity index (χ0) is 15.2. The van der Waals surface area contributed by atoms with Crippen LogP contribution in [0.5, 0.6) is 5.75 Å². The summed E-state index contributed by atoms with van der Waals surface area (Å²) in [5, 5.41) is 11.4. The Morgan fingerprint density at radius 2 is 2.10 bits per heavy atom. The van der Waals surface area contributed by atoms with Crippen molar-refractivity contribution in [1.29, 1.82) is 5.26 Å². The van der Waals surface area contributed by atoms with Crippen molar-refractivity contribution < 1.29 is 9.53 Å². The van der Waals surface area contributed by atoms with Gasteiger partial charge in [0.2, 0.25) is 0 Å². The van der Waals surface area contributed by atoms with Crippen molar-refractivity contribution in [3.8, 4) is 11.8 Å². The van der Waals surface area contributed by atoms with Crippen LogP contribution in [-0.2, 0) is 4.79 Å². The summed E-state index contributed by atoms with van der Waals surface area (Å²) in [5.41, 5.74) is 0.539. The number of ether oxygens (including phenoxy) is 1. The molecule has 0 fully saturated rings. The molecule has 0 aliphatic heterocycles. The highest BCUT2D eigenvalue weighted by Crippen LogP contribution is 2.19. The van der Waals surface area contributed by atoms with Crippen molar-refractivity contribution in [3.63, 3.8) is 0 Å². The monoisotopic (exact) mass is 345 g/mol. The van der Waals surface area contributed by atoms with Crippen LogP contribution >= 0.6 is 15.9 Å². The molecule has 2 rings (SSSR count). The number of pyridine rings is 1. The number of nitrogens with one attached hydrogen (secondary N) is 1. The van der Waals surface area contributed by atoms with Crippen molar-refractivity contribution in [2.45, 2.75) is 13.0 Å². The van der Waals surface area contributed by atoms with Crippen molar-refractivity contribution >= 4 is 27.7 Å². The lowest BCUT2D eigenvalue weighted by Crippen LogP contribution is -2.30. The molecule has 1 atom stereocenters. The molecule has 6 heteroatoms. The molecule has 2 aromatic rings. The van der Waals surface area contributed by atoms with Crippen LogP contribution in [-0.4, -0.2) is 17.0 Å². The summed E-state index contributed by atoms with van der Waals surface area (Å²) < 4.78 is 6.22. The van der Waals surface area contributed by atoms with Crippen molar-refractivity contribution in [1.82, 2.24) is 4.98 Å². The van der Waals surface area contributed by atoms with Crippen LogP contribution in [0.4, 0.5) is 5.82 Å². The van der Waals surface area contributed by atoms with E-state index >= 15 is 0 Å². The summed E-state index contributed by atoms with van der Waals surface area (Å²) in [4.78, 5) is 16.1. The zero-order valence-electron chi connectivity index (χ0n) is 11.2. The second-order valence-corrected chi connectivity index (χ2v) is 5.07. The van der Waals surface area contributed by atoms with Gasteiger partial charge in [-0.25, -0.2) is 4.98 Å². The average Bonchev–Trinajstić information content (AvgIpc) is 2.50. The van der Waals surface area contributed by atoms with Gasteiger partial charge in [0.05, 0.1) is 16.1 Å². The van der Waals surface area contributed by atoms with E-state index in [-0.39, 0.29) is 5.91 Å². The van der Waals surface area contributed by atoms with Crippen LogP contribution in [0.2, 0.25) is 0 Å². The number of carbonyl (C=O) groups excluding carboxylic acids is 1. The smallest absolute Gasteiger partial charge is 0.266 e. The summed E-state index contributed by atoms with van der Waals surface area (Å²) in [6.45, 7) is 1.64. The number of anilines is 1. The van der Waals surface area contributed by atoms with Gasteiger partial charge in [-0.05, 0) is 59.3 Å². The third-order valence-corrected chi connectivity index (χ3v) is 3.31. The molecule has 0 aliphatic rings. The molecule has 0 saturated carbocycles. The Bertz CT molecular complexity index is 680. The Morgan fingerprint density at radius 3 is 2.71 bits per heavy atom. The molecule has 0 aliphatic carbocycles. The number of hydrogen-bond acceptors (Lipinski definition) is 4. The minimum atomic E-state index is -0.688. The lowest BCUT2D eigenvalue weighted by atomic mass is 10.2. The molecule has 0 radical (unpaired) electrons. The summed E-state index contributed by atoms with van der Waals surface area (Å²) in [6.07, 6.45) is 0.902. The Morgan fingerprint density at radius 1 is 1.38 bits per heavy atom. The number of benzene rings is 1. The van der Waals surface area contributed by atoms with Gasteiger partial charge in [-0.2, -0.15) is 5.26 Å². The van der Waals surface area contributed by atoms with Crippen LogP contribution in [0.25, 0.3) is 0 Å². The molecule has 0 saturated heterocycles. The topological polar surface area (TPSA) is 75.0 Å². The second-order valence-electron chi connectivity index (χ2n) is 4.22. The number of rotatable bonds is 4. The van der Waals surface area contributed by atoms with E-state index in [0.717, 1.165) is 0 Å². The Balaban J connectivity index is 1.99. The minimum absolute atomic E-state index is 0.307. The summed E-state index contributed by atoms with van der Waals surface area (Å²) in [7, 11) is 0. The molecule has 106 valence electrons. The number of nitrogens with zero attached hydrogens (tertiary/aromatic N) is 2. The van der Waals surface area contributed by atoms with E-state index in [4.69, 9.17) is 10.00 Å². The van der Waals surface area contributed by atoms with Crippen molar-refractivity contribution in [2.75, 3.05) is 5.32 Å². The zero-order valence-corrected chi connectivity index (χ0v) is 12.8. The molecule has 1 heterocycles. The highest BCUT2D eigenvalue weighted by atomic mass is 79.9. The van der Waals surface area contributed by atoms with Gasteiger partial charge < -0.3 is 10.1 Å². The molecule has 0 bridgehead atoms. The van der Waals surface area contributed by atoms with Gasteiger partial charge in [0, 0.05) is 6.20 Å². The minimum Gasteiger partial charge on any atom is -0.481 e. The van der Waals surface area contributed by atoms with Gasteiger partial charge in [0.25, 0.3) is 5.91 Å². The summed E-state index contributed by atoms with van der Waals surface area (Å²) >= 11 is 3.31. The van der Waals surface area contributed by atoms with Crippen LogP contribution in [0.15, 0.2) is 47.1 Å². The van der Waals surface area contributed by atoms with E-state index in [9.17, 15) is 4.79 Å². The Kier molecular flexibility index (Phi) is 4.90. The fraction of sp³-hybridized carbons (Fsp3) is 0.133. The van der Waals surface area contributed by atoms with Crippen LogP contribution in [0.3, 0.4) is 0 Å². The molecule has 1 N–H and O–H groups in total. The summed E-state index contributed by atoms with van der Waals surface area (Å²) in [5.74, 6) is 0.660. The van der Waals surface area contributed by atoms with Gasteiger partial charge in [0.1, 0.15) is 11.6 Å². The standard InChI is InChI=1S/C15H12BrN3O2/c1-10(21-12-6-4-11(9-17)5-7-12)15(20)19-14-13(16)3-2-8-18-14/h2-8,10H,1H3,(H,18,19,20)/t10-/m1/s1. The van der Waals surface area contributed by atoms with Gasteiger partial charge in [-0.3, -0.25) is 4.79 Å². The Hall–Kier alpha value is -2.39. The number of amides is 1. The maximum Gasteiger partial charge on any atom is 0.266 e. The first-order chi connectivity index (χ1) is 10.1. The highest BCUT2D eigenvalue weighted by molar-refractivity contribution is 9.10. The van der Waals surface area contributed by atoms with Gasteiger partial charge in [0.15, 0.2) is 6.10 Å². The van der Waals surface area contributed by atoms with Crippen molar-refractivity contribution in [2.24, 2.45) is 0 Å². The Labute approximate surface area is 130 Å². The molecule has 1 aromatic carbocycles. The molecular weight excluding hydrogens is 334 g/mol. The maximum atomic E-state index is 12.0. The largest absolute Gasteiger partial charge is 0.481 e. The third-order valence-electron chi connectivity index (χ3n) is 2.67.